The van der Waals surface area contributed by atoms with Crippen LogP contribution in [0.2, 0.25) is 0 Å². The number of carboxylic acids is 1. The summed E-state index contributed by atoms with van der Waals surface area (Å²) in [5, 5.41) is 17.6. The first-order valence-corrected chi connectivity index (χ1v) is 4.41. The van der Waals surface area contributed by atoms with Crippen LogP contribution in [0.1, 0.15) is 10.4 Å². The molecular formula is C10H12FNO3. The van der Waals surface area contributed by atoms with Crippen molar-refractivity contribution in [3.63, 3.8) is 0 Å². The molecule has 82 valence electrons. The molecule has 0 heterocycles. The van der Waals surface area contributed by atoms with Gasteiger partial charge in [-0.3, -0.25) is 0 Å². The molecule has 0 spiro atoms. The third kappa shape index (κ3) is 2.44. The van der Waals surface area contributed by atoms with Gasteiger partial charge in [0.1, 0.15) is 5.82 Å². The van der Waals surface area contributed by atoms with Crippen LogP contribution in [-0.2, 0) is 0 Å². The van der Waals surface area contributed by atoms with Crippen molar-refractivity contribution in [3.05, 3.63) is 29.6 Å². The monoisotopic (exact) mass is 213 g/mol. The number of para-hydroxylation sites is 1. The van der Waals surface area contributed by atoms with Crippen molar-refractivity contribution in [3.8, 4) is 0 Å². The van der Waals surface area contributed by atoms with Gasteiger partial charge in [-0.2, -0.15) is 0 Å². The first-order chi connectivity index (χ1) is 7.07. The van der Waals surface area contributed by atoms with E-state index in [1.807, 2.05) is 0 Å². The summed E-state index contributed by atoms with van der Waals surface area (Å²) in [7, 11) is 1.53. The molecular weight excluding hydrogens is 201 g/mol. The highest BCUT2D eigenvalue weighted by atomic mass is 19.1. The molecule has 0 unspecified atom stereocenters. The van der Waals surface area contributed by atoms with Crippen molar-refractivity contribution in [2.45, 2.75) is 0 Å². The molecule has 0 atom stereocenters. The van der Waals surface area contributed by atoms with Gasteiger partial charge in [0.05, 0.1) is 17.9 Å². The van der Waals surface area contributed by atoms with Crippen molar-refractivity contribution in [1.82, 2.24) is 0 Å². The Morgan fingerprint density at radius 2 is 2.20 bits per heavy atom. The zero-order valence-electron chi connectivity index (χ0n) is 8.27. The van der Waals surface area contributed by atoms with E-state index in [1.165, 1.54) is 30.1 Å². The van der Waals surface area contributed by atoms with Gasteiger partial charge in [0.2, 0.25) is 0 Å². The lowest BCUT2D eigenvalue weighted by Crippen LogP contribution is -2.24. The Morgan fingerprint density at radius 3 is 2.73 bits per heavy atom. The summed E-state index contributed by atoms with van der Waals surface area (Å²) >= 11 is 0. The molecule has 0 fully saturated rings. The molecule has 15 heavy (non-hydrogen) atoms. The molecule has 2 N–H and O–H groups in total. The molecule has 0 amide bonds. The lowest BCUT2D eigenvalue weighted by atomic mass is 10.1. The van der Waals surface area contributed by atoms with E-state index in [4.69, 9.17) is 10.2 Å². The van der Waals surface area contributed by atoms with Gasteiger partial charge < -0.3 is 15.1 Å². The molecule has 1 aromatic rings. The van der Waals surface area contributed by atoms with Crippen LogP contribution in [0.15, 0.2) is 18.2 Å². The molecule has 1 rings (SSSR count). The summed E-state index contributed by atoms with van der Waals surface area (Å²) in [6.45, 7) is 0.0190. The summed E-state index contributed by atoms with van der Waals surface area (Å²) < 4.78 is 13.4. The smallest absolute Gasteiger partial charge is 0.337 e. The number of anilines is 1. The zero-order chi connectivity index (χ0) is 11.4. The third-order valence-electron chi connectivity index (χ3n) is 2.03. The van der Waals surface area contributed by atoms with Crippen molar-refractivity contribution in [2.75, 3.05) is 25.1 Å². The van der Waals surface area contributed by atoms with Crippen molar-refractivity contribution in [2.24, 2.45) is 0 Å². The highest BCUT2D eigenvalue weighted by Crippen LogP contribution is 2.23. The standard InChI is InChI=1S/C10H12FNO3/c1-12(5-6-13)9-7(10(14)15)3-2-4-8(9)11/h2-4,13H,5-6H2,1H3,(H,14,15). The number of aromatic carboxylic acids is 1. The fraction of sp³-hybridized carbons (Fsp3) is 0.300. The Hall–Kier alpha value is -1.62. The maximum atomic E-state index is 13.4. The van der Waals surface area contributed by atoms with E-state index >= 15 is 0 Å². The number of carboxylic acid groups (broad SMARTS) is 1. The third-order valence-corrected chi connectivity index (χ3v) is 2.03. The number of hydrogen-bond acceptors (Lipinski definition) is 3. The van der Waals surface area contributed by atoms with Crippen molar-refractivity contribution in [1.29, 1.82) is 0 Å². The normalized spacial score (nSPS) is 10.1. The summed E-state index contributed by atoms with van der Waals surface area (Å²) in [4.78, 5) is 12.2. The number of carbonyl (C=O) groups is 1. The molecule has 0 aliphatic rings. The van der Waals surface area contributed by atoms with E-state index in [-0.39, 0.29) is 24.4 Å². The van der Waals surface area contributed by atoms with E-state index in [2.05, 4.69) is 0 Å². The Bertz CT molecular complexity index is 368. The van der Waals surface area contributed by atoms with Crippen LogP contribution >= 0.6 is 0 Å². The fourth-order valence-corrected chi connectivity index (χ4v) is 1.34. The number of rotatable bonds is 4. The zero-order valence-corrected chi connectivity index (χ0v) is 8.27. The van der Waals surface area contributed by atoms with E-state index in [9.17, 15) is 9.18 Å². The van der Waals surface area contributed by atoms with Gasteiger partial charge >= 0.3 is 5.97 Å². The predicted octanol–water partition coefficient (Wildman–Crippen LogP) is 0.952. The highest BCUT2D eigenvalue weighted by molar-refractivity contribution is 5.94. The Kier molecular flexibility index (Phi) is 3.62. The predicted molar refractivity (Wildman–Crippen MR) is 53.7 cm³/mol. The summed E-state index contributed by atoms with van der Waals surface area (Å²) in [6.07, 6.45) is 0. The molecule has 0 aliphatic heterocycles. The second kappa shape index (κ2) is 4.75. The molecule has 5 heteroatoms. The number of hydrogen-bond donors (Lipinski definition) is 2. The second-order valence-corrected chi connectivity index (χ2v) is 3.09. The Balaban J connectivity index is 3.18. The quantitative estimate of drug-likeness (QED) is 0.781. The minimum absolute atomic E-state index is 0.000880. The van der Waals surface area contributed by atoms with Crippen LogP contribution in [0.5, 0.6) is 0 Å². The minimum atomic E-state index is -1.19. The van der Waals surface area contributed by atoms with Gasteiger partial charge in [0.25, 0.3) is 0 Å². The fourth-order valence-electron chi connectivity index (χ4n) is 1.34. The molecule has 1 aromatic carbocycles. The molecule has 0 aromatic heterocycles. The second-order valence-electron chi connectivity index (χ2n) is 3.09. The van der Waals surface area contributed by atoms with Crippen LogP contribution < -0.4 is 4.90 Å². The topological polar surface area (TPSA) is 60.8 Å². The molecule has 4 nitrogen and oxygen atoms in total. The van der Waals surface area contributed by atoms with E-state index < -0.39 is 11.8 Å². The van der Waals surface area contributed by atoms with Crippen LogP contribution in [0.4, 0.5) is 10.1 Å². The average Bonchev–Trinajstić information content (AvgIpc) is 2.17. The van der Waals surface area contributed by atoms with Gasteiger partial charge in [0, 0.05) is 13.6 Å². The lowest BCUT2D eigenvalue weighted by Gasteiger charge is -2.20. The number of likely N-dealkylation sites (N-methyl/N-ethyl adjacent to an activating group) is 1. The van der Waals surface area contributed by atoms with Gasteiger partial charge in [-0.25, -0.2) is 9.18 Å². The maximum Gasteiger partial charge on any atom is 0.337 e. The first-order valence-electron chi connectivity index (χ1n) is 4.41. The van der Waals surface area contributed by atoms with Gasteiger partial charge in [-0.05, 0) is 12.1 Å². The first kappa shape index (κ1) is 11.5. The van der Waals surface area contributed by atoms with Crippen LogP contribution in [0.25, 0.3) is 0 Å². The van der Waals surface area contributed by atoms with Crippen molar-refractivity contribution < 1.29 is 19.4 Å². The number of aliphatic hydroxyl groups excluding tert-OH is 1. The number of halogens is 1. The van der Waals surface area contributed by atoms with Crippen LogP contribution in [0.3, 0.4) is 0 Å². The van der Waals surface area contributed by atoms with Crippen LogP contribution in [-0.4, -0.2) is 36.4 Å². The van der Waals surface area contributed by atoms with E-state index in [0.717, 1.165) is 0 Å². The van der Waals surface area contributed by atoms with Crippen molar-refractivity contribution >= 4 is 11.7 Å². The molecule has 0 aliphatic carbocycles. The average molecular weight is 213 g/mol. The minimum Gasteiger partial charge on any atom is -0.478 e. The maximum absolute atomic E-state index is 13.4. The lowest BCUT2D eigenvalue weighted by molar-refractivity contribution is 0.0697. The Morgan fingerprint density at radius 1 is 1.53 bits per heavy atom. The molecule has 0 saturated heterocycles. The number of nitrogens with zero attached hydrogens (tertiary/aromatic N) is 1. The van der Waals surface area contributed by atoms with Crippen LogP contribution in [0, 0.1) is 5.82 Å². The number of benzene rings is 1. The molecule has 0 radical (unpaired) electrons. The number of aliphatic hydroxyl groups is 1. The van der Waals surface area contributed by atoms with Gasteiger partial charge in [-0.15, -0.1) is 0 Å². The molecule has 0 saturated carbocycles. The van der Waals surface area contributed by atoms with E-state index in [1.54, 1.807) is 0 Å². The van der Waals surface area contributed by atoms with Gasteiger partial charge in [0.15, 0.2) is 0 Å². The Labute approximate surface area is 86.6 Å². The van der Waals surface area contributed by atoms with Gasteiger partial charge in [-0.1, -0.05) is 6.07 Å². The summed E-state index contributed by atoms with van der Waals surface area (Å²) in [5.74, 6) is -1.79. The largest absolute Gasteiger partial charge is 0.478 e. The van der Waals surface area contributed by atoms with E-state index in [0.29, 0.717) is 0 Å². The summed E-state index contributed by atoms with van der Waals surface area (Å²) in [6, 6.07) is 3.86. The molecule has 0 bridgehead atoms. The highest BCUT2D eigenvalue weighted by Gasteiger charge is 2.17. The summed E-state index contributed by atoms with van der Waals surface area (Å²) in [5.41, 5.74) is -0.106. The SMILES string of the molecule is CN(CCO)c1c(F)cccc1C(=O)O.